The van der Waals surface area contributed by atoms with Crippen LogP contribution in [0.3, 0.4) is 0 Å². The SMILES string of the molecule is CN/C(CC(N)=O)=C1/COCN(C)C1=N. The van der Waals surface area contributed by atoms with E-state index in [4.69, 9.17) is 15.9 Å². The molecule has 1 amide bonds. The Balaban J connectivity index is 2.92. The van der Waals surface area contributed by atoms with Crippen LogP contribution in [0.4, 0.5) is 0 Å². The second kappa shape index (κ2) is 4.79. The molecule has 1 heterocycles. The molecule has 4 N–H and O–H groups in total. The molecule has 84 valence electrons. The van der Waals surface area contributed by atoms with Crippen molar-refractivity contribution in [2.24, 2.45) is 5.73 Å². The fraction of sp³-hybridized carbons (Fsp3) is 0.556. The fourth-order valence-electron chi connectivity index (χ4n) is 1.40. The molecule has 1 rings (SSSR count). The molecule has 0 aromatic heterocycles. The summed E-state index contributed by atoms with van der Waals surface area (Å²) in [5, 5.41) is 10.7. The number of ether oxygens (including phenoxy) is 1. The number of carbonyl (C=O) groups excluding carboxylic acids is 1. The molecule has 1 saturated heterocycles. The Morgan fingerprint density at radius 2 is 2.40 bits per heavy atom. The van der Waals surface area contributed by atoms with Crippen LogP contribution in [0.25, 0.3) is 0 Å². The number of amides is 1. The first-order valence-electron chi connectivity index (χ1n) is 4.62. The van der Waals surface area contributed by atoms with Crippen molar-refractivity contribution >= 4 is 11.7 Å². The number of rotatable bonds is 3. The lowest BCUT2D eigenvalue weighted by atomic mass is 10.1. The van der Waals surface area contributed by atoms with E-state index in [0.29, 0.717) is 30.4 Å². The molecule has 1 fully saturated rings. The zero-order valence-corrected chi connectivity index (χ0v) is 8.96. The average molecular weight is 212 g/mol. The van der Waals surface area contributed by atoms with E-state index in [9.17, 15) is 4.79 Å². The molecule has 0 aromatic carbocycles. The van der Waals surface area contributed by atoms with Gasteiger partial charge in [-0.2, -0.15) is 0 Å². The highest BCUT2D eigenvalue weighted by Crippen LogP contribution is 2.14. The second-order valence-electron chi connectivity index (χ2n) is 3.37. The standard InChI is InChI=1S/C9H16N4O2/c1-12-7(3-8(10)14)6-4-15-5-13(2)9(6)11/h11-12H,3-5H2,1-2H3,(H2,10,14)/b7-6-,11-9?. The van der Waals surface area contributed by atoms with Crippen molar-refractivity contribution in [3.8, 4) is 0 Å². The number of likely N-dealkylation sites (N-methyl/N-ethyl adjacent to an activating group) is 1. The van der Waals surface area contributed by atoms with E-state index in [1.54, 1.807) is 19.0 Å². The maximum absolute atomic E-state index is 10.8. The topological polar surface area (TPSA) is 91.4 Å². The van der Waals surface area contributed by atoms with Gasteiger partial charge >= 0.3 is 0 Å². The van der Waals surface area contributed by atoms with Crippen molar-refractivity contribution in [1.82, 2.24) is 10.2 Å². The molecule has 15 heavy (non-hydrogen) atoms. The summed E-state index contributed by atoms with van der Waals surface area (Å²) in [5.74, 6) is -0.0558. The third-order valence-electron chi connectivity index (χ3n) is 2.22. The Bertz CT molecular complexity index is 311. The van der Waals surface area contributed by atoms with Gasteiger partial charge in [0, 0.05) is 25.4 Å². The Kier molecular flexibility index (Phi) is 3.68. The zero-order valence-electron chi connectivity index (χ0n) is 8.96. The van der Waals surface area contributed by atoms with Crippen LogP contribution in [0, 0.1) is 5.41 Å². The maximum Gasteiger partial charge on any atom is 0.223 e. The highest BCUT2D eigenvalue weighted by Gasteiger charge is 2.20. The number of hydrogen-bond acceptors (Lipinski definition) is 4. The van der Waals surface area contributed by atoms with Crippen molar-refractivity contribution in [3.05, 3.63) is 11.3 Å². The summed E-state index contributed by atoms with van der Waals surface area (Å²) in [5.41, 5.74) is 6.45. The van der Waals surface area contributed by atoms with Gasteiger partial charge in [-0.3, -0.25) is 10.2 Å². The first kappa shape index (κ1) is 11.5. The number of nitrogens with one attached hydrogen (secondary N) is 2. The molecule has 0 spiro atoms. The van der Waals surface area contributed by atoms with Crippen LogP contribution < -0.4 is 11.1 Å². The summed E-state index contributed by atoms with van der Waals surface area (Å²) < 4.78 is 5.26. The van der Waals surface area contributed by atoms with Crippen LogP contribution in [0.2, 0.25) is 0 Å². The predicted octanol–water partition coefficient (Wildman–Crippen LogP) is -0.768. The molecule has 0 unspecified atom stereocenters. The third-order valence-corrected chi connectivity index (χ3v) is 2.22. The van der Waals surface area contributed by atoms with Crippen molar-refractivity contribution in [3.63, 3.8) is 0 Å². The van der Waals surface area contributed by atoms with E-state index in [1.165, 1.54) is 0 Å². The number of nitrogens with two attached hydrogens (primary N) is 1. The molecule has 1 aliphatic heterocycles. The first-order valence-corrected chi connectivity index (χ1v) is 4.62. The van der Waals surface area contributed by atoms with Gasteiger partial charge in [0.25, 0.3) is 0 Å². The summed E-state index contributed by atoms with van der Waals surface area (Å²) in [6.45, 7) is 0.739. The molecule has 0 aliphatic carbocycles. The van der Waals surface area contributed by atoms with Crippen molar-refractivity contribution < 1.29 is 9.53 Å². The number of hydrogen-bond donors (Lipinski definition) is 3. The minimum absolute atomic E-state index is 0.103. The molecule has 0 atom stereocenters. The molecular formula is C9H16N4O2. The van der Waals surface area contributed by atoms with Crippen LogP contribution >= 0.6 is 0 Å². The normalized spacial score (nSPS) is 20.1. The van der Waals surface area contributed by atoms with Crippen molar-refractivity contribution in [2.45, 2.75) is 6.42 Å². The van der Waals surface area contributed by atoms with Gasteiger partial charge in [0.2, 0.25) is 5.91 Å². The van der Waals surface area contributed by atoms with E-state index >= 15 is 0 Å². The van der Waals surface area contributed by atoms with Crippen molar-refractivity contribution in [1.29, 1.82) is 5.41 Å². The highest BCUT2D eigenvalue weighted by molar-refractivity contribution is 5.97. The quantitative estimate of drug-likeness (QED) is 0.573. The molecule has 0 saturated carbocycles. The molecule has 6 heteroatoms. The lowest BCUT2D eigenvalue weighted by Gasteiger charge is -2.29. The fourth-order valence-corrected chi connectivity index (χ4v) is 1.40. The molecule has 0 bridgehead atoms. The minimum atomic E-state index is -0.423. The molecule has 0 aromatic rings. The Morgan fingerprint density at radius 3 is 2.93 bits per heavy atom. The van der Waals surface area contributed by atoms with Crippen LogP contribution in [-0.4, -0.2) is 44.1 Å². The van der Waals surface area contributed by atoms with Gasteiger partial charge in [-0.05, 0) is 0 Å². The van der Waals surface area contributed by atoms with Gasteiger partial charge in [0.1, 0.15) is 12.6 Å². The Hall–Kier alpha value is -1.56. The second-order valence-corrected chi connectivity index (χ2v) is 3.37. The van der Waals surface area contributed by atoms with E-state index < -0.39 is 5.91 Å². The molecule has 0 radical (unpaired) electrons. The van der Waals surface area contributed by atoms with Crippen LogP contribution in [0.1, 0.15) is 6.42 Å². The summed E-state index contributed by atoms with van der Waals surface area (Å²) in [7, 11) is 3.46. The summed E-state index contributed by atoms with van der Waals surface area (Å²) in [6.07, 6.45) is 0.103. The predicted molar refractivity (Wildman–Crippen MR) is 56.2 cm³/mol. The van der Waals surface area contributed by atoms with E-state index in [1.807, 2.05) is 0 Å². The largest absolute Gasteiger partial charge is 0.391 e. The molecule has 1 aliphatic rings. The Morgan fingerprint density at radius 1 is 1.73 bits per heavy atom. The van der Waals surface area contributed by atoms with Crippen LogP contribution in [0.15, 0.2) is 11.3 Å². The molecule has 6 nitrogen and oxygen atoms in total. The number of primary amides is 1. The van der Waals surface area contributed by atoms with Gasteiger partial charge in [-0.1, -0.05) is 0 Å². The number of amidine groups is 1. The summed E-state index contributed by atoms with van der Waals surface area (Å²) in [6, 6.07) is 0. The van der Waals surface area contributed by atoms with Crippen LogP contribution in [0.5, 0.6) is 0 Å². The van der Waals surface area contributed by atoms with Gasteiger partial charge in [0.15, 0.2) is 0 Å². The Labute approximate surface area is 88.6 Å². The van der Waals surface area contributed by atoms with Gasteiger partial charge in [-0.25, -0.2) is 0 Å². The van der Waals surface area contributed by atoms with E-state index in [-0.39, 0.29) is 6.42 Å². The number of carbonyl (C=O) groups is 1. The van der Waals surface area contributed by atoms with Gasteiger partial charge < -0.3 is 20.7 Å². The van der Waals surface area contributed by atoms with E-state index in [0.717, 1.165) is 0 Å². The number of nitrogens with zero attached hydrogens (tertiary/aromatic N) is 1. The van der Waals surface area contributed by atoms with Gasteiger partial charge in [-0.15, -0.1) is 0 Å². The molecular weight excluding hydrogens is 196 g/mol. The first-order chi connectivity index (χ1) is 7.06. The van der Waals surface area contributed by atoms with Gasteiger partial charge in [0.05, 0.1) is 13.0 Å². The lowest BCUT2D eigenvalue weighted by molar-refractivity contribution is -0.117. The average Bonchev–Trinajstić information content (AvgIpc) is 2.19. The maximum atomic E-state index is 10.8. The summed E-state index contributed by atoms with van der Waals surface area (Å²) in [4.78, 5) is 12.5. The van der Waals surface area contributed by atoms with Crippen molar-refractivity contribution in [2.75, 3.05) is 27.4 Å². The summed E-state index contributed by atoms with van der Waals surface area (Å²) >= 11 is 0. The smallest absolute Gasteiger partial charge is 0.223 e. The van der Waals surface area contributed by atoms with Crippen LogP contribution in [-0.2, 0) is 9.53 Å². The highest BCUT2D eigenvalue weighted by atomic mass is 16.5. The monoisotopic (exact) mass is 212 g/mol. The van der Waals surface area contributed by atoms with E-state index in [2.05, 4.69) is 5.32 Å². The lowest BCUT2D eigenvalue weighted by Crippen LogP contribution is -2.38. The minimum Gasteiger partial charge on any atom is -0.391 e. The zero-order chi connectivity index (χ0) is 11.4. The third kappa shape index (κ3) is 2.69.